The molecule has 3 aliphatic rings. The molecule has 5 N–H and O–H groups in total. The second-order valence-electron chi connectivity index (χ2n) is 13.2. The second kappa shape index (κ2) is 15.5. The molecule has 3 fully saturated rings. The van der Waals surface area contributed by atoms with Crippen molar-refractivity contribution in [3.63, 3.8) is 0 Å². The Balaban J connectivity index is 1.51. The number of benzene rings is 1. The van der Waals surface area contributed by atoms with Crippen molar-refractivity contribution in [1.29, 1.82) is 10.8 Å². The van der Waals surface area contributed by atoms with Crippen LogP contribution in [0.1, 0.15) is 102 Å². The molecular formula is C34H54N6O2. The number of piperidine rings is 1. The van der Waals surface area contributed by atoms with E-state index >= 15 is 0 Å². The molecule has 0 bridgehead atoms. The third-order valence-corrected chi connectivity index (χ3v) is 10.3. The number of nitrogens with two attached hydrogens (primary N) is 1. The normalized spacial score (nSPS) is 20.5. The van der Waals surface area contributed by atoms with Gasteiger partial charge in [0.1, 0.15) is 11.9 Å². The molecule has 1 aromatic rings. The van der Waals surface area contributed by atoms with Crippen LogP contribution in [0.15, 0.2) is 24.3 Å². The summed E-state index contributed by atoms with van der Waals surface area (Å²) in [6, 6.07) is 7.57. The van der Waals surface area contributed by atoms with Crippen molar-refractivity contribution in [2.45, 2.75) is 103 Å². The van der Waals surface area contributed by atoms with Gasteiger partial charge in [0, 0.05) is 38.7 Å². The van der Waals surface area contributed by atoms with Gasteiger partial charge in [-0.25, -0.2) is 0 Å². The van der Waals surface area contributed by atoms with Crippen molar-refractivity contribution >= 4 is 23.5 Å². The van der Waals surface area contributed by atoms with Gasteiger partial charge in [-0.15, -0.1) is 0 Å². The molecule has 2 saturated carbocycles. The highest BCUT2D eigenvalue weighted by Crippen LogP contribution is 2.35. The van der Waals surface area contributed by atoms with Crippen molar-refractivity contribution in [2.75, 3.05) is 26.2 Å². The largest absolute Gasteiger partial charge is 0.384 e. The second-order valence-corrected chi connectivity index (χ2v) is 13.2. The summed E-state index contributed by atoms with van der Waals surface area (Å²) in [6.07, 6.45) is 14.4. The number of nitrogens with zero attached hydrogens (tertiary/aromatic N) is 2. The number of likely N-dealkylation sites (tertiary alicyclic amines) is 1. The van der Waals surface area contributed by atoms with Crippen LogP contribution in [0, 0.1) is 34.5 Å². The van der Waals surface area contributed by atoms with Crippen molar-refractivity contribution in [3.05, 3.63) is 35.4 Å². The zero-order valence-corrected chi connectivity index (χ0v) is 26.0. The molecule has 2 amide bonds. The van der Waals surface area contributed by atoms with Gasteiger partial charge >= 0.3 is 0 Å². The Hall–Kier alpha value is -2.90. The van der Waals surface area contributed by atoms with E-state index < -0.39 is 6.04 Å². The number of rotatable bonds is 11. The number of carbonyl (C=O) groups excluding carboxylic acids is 2. The van der Waals surface area contributed by atoms with Gasteiger partial charge in [0.15, 0.2) is 0 Å². The van der Waals surface area contributed by atoms with Gasteiger partial charge < -0.3 is 20.9 Å². The summed E-state index contributed by atoms with van der Waals surface area (Å²) in [5, 5.41) is 19.0. The molecule has 8 nitrogen and oxygen atoms in total. The molecular weight excluding hydrogens is 524 g/mol. The van der Waals surface area contributed by atoms with Gasteiger partial charge in [0.05, 0.1) is 5.84 Å². The lowest BCUT2D eigenvalue weighted by Gasteiger charge is -2.41. The standard InChI is InChI=1S/C34H54N6O2/c1-24(35)39-19-17-27(18-20-39)22-38-34(42)32(29-11-7-4-8-12-29)40(25(2)41)23-31(28-9-5-3-6-10-28)21-26-13-15-30(16-14-26)33(36)37/h13-16,27-29,31-32,35H,3-12,17-23H2,1-2H3,(H3,36,37)(H,38,42). The topological polar surface area (TPSA) is 126 Å². The third-order valence-electron chi connectivity index (χ3n) is 10.3. The number of nitrogen functional groups attached to an aromatic ring is 1. The summed E-state index contributed by atoms with van der Waals surface area (Å²) in [5.41, 5.74) is 7.62. The van der Waals surface area contributed by atoms with E-state index in [1.54, 1.807) is 6.92 Å². The SMILES string of the molecule is CC(=N)N1CCC(CNC(=O)C(C2CCCCC2)N(CC(Cc2ccc(C(=N)N)cc2)C2CCCCC2)C(C)=O)CC1. The molecule has 1 saturated heterocycles. The minimum absolute atomic E-state index is 0.00299. The number of amidine groups is 2. The zero-order chi connectivity index (χ0) is 30.1. The lowest BCUT2D eigenvalue weighted by molar-refractivity contribution is -0.143. The van der Waals surface area contributed by atoms with E-state index in [1.165, 1.54) is 44.1 Å². The predicted octanol–water partition coefficient (Wildman–Crippen LogP) is 5.33. The Kier molecular flexibility index (Phi) is 11.8. The fraction of sp³-hybridized carbons (Fsp3) is 0.706. The molecule has 1 heterocycles. The number of amides is 2. The number of hydrogen-bond donors (Lipinski definition) is 4. The molecule has 0 radical (unpaired) electrons. The fourth-order valence-electron chi connectivity index (χ4n) is 7.68. The summed E-state index contributed by atoms with van der Waals surface area (Å²) in [7, 11) is 0. The maximum Gasteiger partial charge on any atom is 0.243 e. The van der Waals surface area contributed by atoms with E-state index in [1.807, 2.05) is 24.0 Å². The maximum absolute atomic E-state index is 14.0. The van der Waals surface area contributed by atoms with Crippen LogP contribution < -0.4 is 11.1 Å². The first-order valence-electron chi connectivity index (χ1n) is 16.5. The molecule has 42 heavy (non-hydrogen) atoms. The first-order valence-corrected chi connectivity index (χ1v) is 16.5. The minimum Gasteiger partial charge on any atom is -0.384 e. The Labute approximate surface area is 253 Å². The van der Waals surface area contributed by atoms with Crippen LogP contribution >= 0.6 is 0 Å². The van der Waals surface area contributed by atoms with E-state index in [-0.39, 0.29) is 29.5 Å². The Morgan fingerprint density at radius 2 is 1.48 bits per heavy atom. The highest BCUT2D eigenvalue weighted by atomic mass is 16.2. The highest BCUT2D eigenvalue weighted by Gasteiger charge is 2.38. The van der Waals surface area contributed by atoms with Gasteiger partial charge in [0.25, 0.3) is 0 Å². The Bertz CT molecular complexity index is 1050. The molecule has 0 aromatic heterocycles. The van der Waals surface area contributed by atoms with Crippen LogP contribution in [-0.2, 0) is 16.0 Å². The van der Waals surface area contributed by atoms with Crippen molar-refractivity contribution in [3.8, 4) is 0 Å². The number of carbonyl (C=O) groups is 2. The molecule has 8 heteroatoms. The van der Waals surface area contributed by atoms with Crippen LogP contribution in [0.25, 0.3) is 0 Å². The van der Waals surface area contributed by atoms with Gasteiger partial charge in [-0.05, 0) is 68.3 Å². The Morgan fingerprint density at radius 3 is 2.00 bits per heavy atom. The minimum atomic E-state index is -0.419. The fourth-order valence-corrected chi connectivity index (χ4v) is 7.68. The van der Waals surface area contributed by atoms with Gasteiger partial charge in [-0.1, -0.05) is 75.6 Å². The van der Waals surface area contributed by atoms with E-state index in [0.717, 1.165) is 63.6 Å². The van der Waals surface area contributed by atoms with Crippen LogP contribution in [0.4, 0.5) is 0 Å². The molecule has 2 atom stereocenters. The van der Waals surface area contributed by atoms with Crippen LogP contribution in [-0.4, -0.2) is 65.5 Å². The summed E-state index contributed by atoms with van der Waals surface area (Å²) in [4.78, 5) is 31.5. The van der Waals surface area contributed by atoms with Gasteiger partial charge in [0.2, 0.25) is 11.8 Å². The molecule has 2 unspecified atom stereocenters. The number of nitrogens with one attached hydrogen (secondary N) is 3. The lowest BCUT2D eigenvalue weighted by Crippen LogP contribution is -2.55. The summed E-state index contributed by atoms with van der Waals surface area (Å²) in [6.45, 7) is 6.50. The maximum atomic E-state index is 14.0. The van der Waals surface area contributed by atoms with E-state index in [0.29, 0.717) is 30.8 Å². The summed E-state index contributed by atoms with van der Waals surface area (Å²) < 4.78 is 0. The Morgan fingerprint density at radius 1 is 0.905 bits per heavy atom. The third kappa shape index (κ3) is 8.81. The van der Waals surface area contributed by atoms with E-state index in [2.05, 4.69) is 22.3 Å². The van der Waals surface area contributed by atoms with Gasteiger partial charge in [-0.2, -0.15) is 0 Å². The van der Waals surface area contributed by atoms with Crippen LogP contribution in [0.3, 0.4) is 0 Å². The smallest absolute Gasteiger partial charge is 0.243 e. The molecule has 232 valence electrons. The van der Waals surface area contributed by atoms with Crippen LogP contribution in [0.5, 0.6) is 0 Å². The van der Waals surface area contributed by atoms with E-state index in [4.69, 9.17) is 16.6 Å². The van der Waals surface area contributed by atoms with E-state index in [9.17, 15) is 9.59 Å². The molecule has 1 aromatic carbocycles. The molecule has 2 aliphatic carbocycles. The average molecular weight is 579 g/mol. The lowest BCUT2D eigenvalue weighted by atomic mass is 9.76. The highest BCUT2D eigenvalue weighted by molar-refractivity contribution is 5.94. The zero-order valence-electron chi connectivity index (χ0n) is 26.0. The molecule has 1 aliphatic heterocycles. The molecule has 0 spiro atoms. The van der Waals surface area contributed by atoms with Crippen LogP contribution in [0.2, 0.25) is 0 Å². The van der Waals surface area contributed by atoms with Crippen molar-refractivity contribution in [1.82, 2.24) is 15.1 Å². The van der Waals surface area contributed by atoms with Crippen molar-refractivity contribution < 1.29 is 9.59 Å². The average Bonchev–Trinajstić information content (AvgIpc) is 3.00. The first kappa shape index (κ1) is 32.0. The van der Waals surface area contributed by atoms with Gasteiger partial charge in [-0.3, -0.25) is 20.4 Å². The first-order chi connectivity index (χ1) is 20.2. The summed E-state index contributed by atoms with van der Waals surface area (Å²) in [5.74, 6) is 2.15. The van der Waals surface area contributed by atoms with Crippen molar-refractivity contribution in [2.24, 2.45) is 29.4 Å². The predicted molar refractivity (Wildman–Crippen MR) is 170 cm³/mol. The quantitative estimate of drug-likeness (QED) is 0.209. The molecule has 4 rings (SSSR count). The monoisotopic (exact) mass is 578 g/mol. The number of hydrogen-bond acceptors (Lipinski definition) is 4. The summed E-state index contributed by atoms with van der Waals surface area (Å²) >= 11 is 0.